The average molecular weight is 330 g/mol. The average Bonchev–Trinajstić information content (AvgIpc) is 3.02. The predicted molar refractivity (Wildman–Crippen MR) is 88.1 cm³/mol. The topological polar surface area (TPSA) is 57.8 Å². The molecule has 0 unspecified atom stereocenters. The molecule has 0 radical (unpaired) electrons. The van der Waals surface area contributed by atoms with E-state index in [1.807, 2.05) is 12.1 Å². The molecule has 1 heterocycles. The molecule has 0 saturated carbocycles. The lowest BCUT2D eigenvalue weighted by Gasteiger charge is -2.07. The molecule has 0 bridgehead atoms. The van der Waals surface area contributed by atoms with Crippen molar-refractivity contribution in [3.05, 3.63) is 70.6 Å². The predicted octanol–water partition coefficient (Wildman–Crippen LogP) is 4.43. The van der Waals surface area contributed by atoms with E-state index in [1.165, 1.54) is 6.07 Å². The first kappa shape index (κ1) is 15.2. The molecule has 23 heavy (non-hydrogen) atoms. The molecule has 0 saturated heterocycles. The molecule has 3 aromatic rings. The first-order valence-corrected chi connectivity index (χ1v) is 7.30. The van der Waals surface area contributed by atoms with Gasteiger partial charge in [-0.05, 0) is 37.3 Å². The van der Waals surface area contributed by atoms with Gasteiger partial charge in [-0.15, -0.1) is 0 Å². The summed E-state index contributed by atoms with van der Waals surface area (Å²) in [5, 5.41) is 10.0. The summed E-state index contributed by atoms with van der Waals surface area (Å²) in [4.78, 5) is 12.3. The van der Waals surface area contributed by atoms with Crippen LogP contribution >= 0.6 is 11.6 Å². The molecule has 1 amide bonds. The molecule has 0 aliphatic carbocycles. The van der Waals surface area contributed by atoms with Crippen LogP contribution in [0.2, 0.25) is 5.02 Å². The lowest BCUT2D eigenvalue weighted by molar-refractivity contribution is 0.102. The van der Waals surface area contributed by atoms with Gasteiger partial charge in [-0.25, -0.2) is 4.39 Å². The number of nitrogens with one attached hydrogen (secondary N) is 2. The van der Waals surface area contributed by atoms with Gasteiger partial charge in [0.25, 0.3) is 5.91 Å². The van der Waals surface area contributed by atoms with Crippen molar-refractivity contribution < 1.29 is 9.18 Å². The molecule has 2 N–H and O–H groups in total. The number of benzene rings is 2. The van der Waals surface area contributed by atoms with Crippen molar-refractivity contribution in [2.45, 2.75) is 6.92 Å². The second-order valence-corrected chi connectivity index (χ2v) is 5.48. The van der Waals surface area contributed by atoms with E-state index in [0.717, 1.165) is 5.56 Å². The van der Waals surface area contributed by atoms with Crippen molar-refractivity contribution in [2.24, 2.45) is 0 Å². The number of carbonyl (C=O) groups is 1. The Morgan fingerprint density at radius 1 is 1.22 bits per heavy atom. The highest BCUT2D eigenvalue weighted by molar-refractivity contribution is 6.30. The number of halogens is 2. The normalized spacial score (nSPS) is 10.6. The first-order chi connectivity index (χ1) is 11.0. The quantitative estimate of drug-likeness (QED) is 0.746. The van der Waals surface area contributed by atoms with Gasteiger partial charge in [0.1, 0.15) is 11.5 Å². The van der Waals surface area contributed by atoms with Gasteiger partial charge >= 0.3 is 0 Å². The van der Waals surface area contributed by atoms with E-state index in [-0.39, 0.29) is 17.4 Å². The third kappa shape index (κ3) is 3.24. The Bertz CT molecular complexity index is 876. The Balaban J connectivity index is 1.83. The summed E-state index contributed by atoms with van der Waals surface area (Å²) in [6, 6.07) is 13.3. The van der Waals surface area contributed by atoms with Gasteiger partial charge in [0, 0.05) is 21.8 Å². The maximum atomic E-state index is 13.5. The van der Waals surface area contributed by atoms with Crippen LogP contribution in [0.4, 0.5) is 10.1 Å². The molecule has 0 fully saturated rings. The fourth-order valence-corrected chi connectivity index (χ4v) is 2.36. The summed E-state index contributed by atoms with van der Waals surface area (Å²) in [5.41, 5.74) is 2.50. The van der Waals surface area contributed by atoms with Gasteiger partial charge < -0.3 is 5.32 Å². The van der Waals surface area contributed by atoms with Gasteiger partial charge in [0.05, 0.1) is 5.69 Å². The maximum absolute atomic E-state index is 13.5. The molecule has 116 valence electrons. The smallest absolute Gasteiger partial charge is 0.273 e. The standard InChI is InChI=1S/C17H13ClFN3O/c1-10-13(19)6-3-7-14(10)20-17(23)16-9-15(21-22-16)11-4-2-5-12(18)8-11/h2-9H,1H3,(H,20,23)(H,21,22). The highest BCUT2D eigenvalue weighted by Crippen LogP contribution is 2.22. The Labute approximate surface area is 137 Å². The summed E-state index contributed by atoms with van der Waals surface area (Å²) in [5.74, 6) is -0.758. The second kappa shape index (κ2) is 6.22. The molecule has 4 nitrogen and oxygen atoms in total. The van der Waals surface area contributed by atoms with Crippen LogP contribution in [0.3, 0.4) is 0 Å². The molecule has 0 aliphatic heterocycles. The van der Waals surface area contributed by atoms with E-state index in [1.54, 1.807) is 37.3 Å². The third-order valence-corrected chi connectivity index (χ3v) is 3.69. The highest BCUT2D eigenvalue weighted by atomic mass is 35.5. The van der Waals surface area contributed by atoms with Crippen molar-refractivity contribution in [1.82, 2.24) is 10.2 Å². The number of H-pyrrole nitrogens is 1. The minimum atomic E-state index is -0.389. The summed E-state index contributed by atoms with van der Waals surface area (Å²) >= 11 is 5.95. The number of carbonyl (C=O) groups excluding carboxylic acids is 1. The van der Waals surface area contributed by atoms with Crippen LogP contribution in [0.25, 0.3) is 11.3 Å². The number of aromatic nitrogens is 2. The SMILES string of the molecule is Cc1c(F)cccc1NC(=O)c1cc(-c2cccc(Cl)c2)n[nH]1. The highest BCUT2D eigenvalue weighted by Gasteiger charge is 2.13. The lowest BCUT2D eigenvalue weighted by Crippen LogP contribution is -2.13. The van der Waals surface area contributed by atoms with Gasteiger partial charge in [0.2, 0.25) is 0 Å². The summed E-state index contributed by atoms with van der Waals surface area (Å²) < 4.78 is 13.5. The largest absolute Gasteiger partial charge is 0.320 e. The number of rotatable bonds is 3. The molecular formula is C17H13ClFN3O. The van der Waals surface area contributed by atoms with Crippen molar-refractivity contribution in [1.29, 1.82) is 0 Å². The van der Waals surface area contributed by atoms with Gasteiger partial charge in [-0.2, -0.15) is 5.10 Å². The number of hydrogen-bond donors (Lipinski definition) is 2. The molecule has 1 aromatic heterocycles. The van der Waals surface area contributed by atoms with Crippen LogP contribution in [-0.4, -0.2) is 16.1 Å². The van der Waals surface area contributed by atoms with E-state index in [9.17, 15) is 9.18 Å². The van der Waals surface area contributed by atoms with Gasteiger partial charge in [0.15, 0.2) is 0 Å². The van der Waals surface area contributed by atoms with Crippen molar-refractivity contribution in [3.63, 3.8) is 0 Å². The zero-order valence-corrected chi connectivity index (χ0v) is 13.0. The van der Waals surface area contributed by atoms with E-state index in [0.29, 0.717) is 22.0 Å². The number of amides is 1. The molecule has 0 atom stereocenters. The van der Waals surface area contributed by atoms with Crippen LogP contribution in [0.1, 0.15) is 16.1 Å². The van der Waals surface area contributed by atoms with Gasteiger partial charge in [-0.1, -0.05) is 29.8 Å². The zero-order chi connectivity index (χ0) is 16.4. The van der Waals surface area contributed by atoms with Crippen molar-refractivity contribution in [3.8, 4) is 11.3 Å². The minimum Gasteiger partial charge on any atom is -0.320 e. The number of aromatic amines is 1. The van der Waals surface area contributed by atoms with Crippen LogP contribution in [-0.2, 0) is 0 Å². The molecule has 0 aliphatic rings. The van der Waals surface area contributed by atoms with Crippen LogP contribution in [0.5, 0.6) is 0 Å². The summed E-state index contributed by atoms with van der Waals surface area (Å²) in [6.07, 6.45) is 0. The lowest BCUT2D eigenvalue weighted by atomic mass is 10.1. The number of anilines is 1. The fraction of sp³-hybridized carbons (Fsp3) is 0.0588. The third-order valence-electron chi connectivity index (χ3n) is 3.46. The summed E-state index contributed by atoms with van der Waals surface area (Å²) in [6.45, 7) is 1.61. The zero-order valence-electron chi connectivity index (χ0n) is 12.2. The van der Waals surface area contributed by atoms with Crippen LogP contribution in [0.15, 0.2) is 48.5 Å². The molecule has 0 spiro atoms. The fourth-order valence-electron chi connectivity index (χ4n) is 2.17. The Hall–Kier alpha value is -2.66. The first-order valence-electron chi connectivity index (χ1n) is 6.92. The monoisotopic (exact) mass is 329 g/mol. The molecule has 2 aromatic carbocycles. The molecule has 3 rings (SSSR count). The van der Waals surface area contributed by atoms with Gasteiger partial charge in [-0.3, -0.25) is 9.89 Å². The number of hydrogen-bond acceptors (Lipinski definition) is 2. The minimum absolute atomic E-state index is 0.281. The Morgan fingerprint density at radius 3 is 2.78 bits per heavy atom. The summed E-state index contributed by atoms with van der Waals surface area (Å²) in [7, 11) is 0. The molecule has 6 heteroatoms. The van der Waals surface area contributed by atoms with Crippen LogP contribution < -0.4 is 5.32 Å². The van der Waals surface area contributed by atoms with E-state index >= 15 is 0 Å². The molecular weight excluding hydrogens is 317 g/mol. The Morgan fingerprint density at radius 2 is 2.00 bits per heavy atom. The maximum Gasteiger partial charge on any atom is 0.273 e. The van der Waals surface area contributed by atoms with Crippen LogP contribution in [0, 0.1) is 12.7 Å². The van der Waals surface area contributed by atoms with E-state index in [2.05, 4.69) is 15.5 Å². The van der Waals surface area contributed by atoms with E-state index < -0.39 is 0 Å². The van der Waals surface area contributed by atoms with Crippen molar-refractivity contribution >= 4 is 23.2 Å². The number of nitrogens with zero attached hydrogens (tertiary/aromatic N) is 1. The Kier molecular flexibility index (Phi) is 4.12. The van der Waals surface area contributed by atoms with Crippen molar-refractivity contribution in [2.75, 3.05) is 5.32 Å². The second-order valence-electron chi connectivity index (χ2n) is 5.04. The van der Waals surface area contributed by atoms with E-state index in [4.69, 9.17) is 11.6 Å².